The van der Waals surface area contributed by atoms with E-state index < -0.39 is 11.8 Å². The van der Waals surface area contributed by atoms with Gasteiger partial charge in [0.2, 0.25) is 0 Å². The maximum absolute atomic E-state index is 11.4. The van der Waals surface area contributed by atoms with Crippen molar-refractivity contribution in [2.24, 2.45) is 0 Å². The summed E-state index contributed by atoms with van der Waals surface area (Å²) in [6.07, 6.45) is -0.754. The molecule has 0 spiro atoms. The Balaban J connectivity index is 2.74. The van der Waals surface area contributed by atoms with Gasteiger partial charge in [-0.2, -0.15) is 0 Å². The van der Waals surface area contributed by atoms with E-state index in [0.717, 1.165) is 0 Å². The van der Waals surface area contributed by atoms with Crippen LogP contribution < -0.4 is 4.74 Å². The zero-order valence-corrected chi connectivity index (χ0v) is 11.6. The van der Waals surface area contributed by atoms with Gasteiger partial charge < -0.3 is 9.47 Å². The van der Waals surface area contributed by atoms with Gasteiger partial charge in [-0.15, -0.1) is 0 Å². The smallest absolute Gasteiger partial charge is 0.428 e. The monoisotopic (exact) mass is 306 g/mol. The highest BCUT2D eigenvalue weighted by Gasteiger charge is 2.19. The summed E-state index contributed by atoms with van der Waals surface area (Å²) in [6, 6.07) is 5.00. The molecular formula is C11H12BrClO3. The van der Waals surface area contributed by atoms with Gasteiger partial charge >= 0.3 is 6.16 Å². The van der Waals surface area contributed by atoms with Crippen LogP contribution in [0.15, 0.2) is 22.7 Å². The van der Waals surface area contributed by atoms with Crippen molar-refractivity contribution in [3.63, 3.8) is 0 Å². The molecule has 0 radical (unpaired) electrons. The fraction of sp³-hybridized carbons (Fsp3) is 0.364. The van der Waals surface area contributed by atoms with Crippen LogP contribution in [0, 0.1) is 0 Å². The normalized spacial score (nSPS) is 11.1. The number of hydrogen-bond donors (Lipinski definition) is 0. The van der Waals surface area contributed by atoms with Crippen molar-refractivity contribution < 1.29 is 14.3 Å². The van der Waals surface area contributed by atoms with E-state index >= 15 is 0 Å². The van der Waals surface area contributed by atoms with Crippen molar-refractivity contribution in [2.45, 2.75) is 26.4 Å². The minimum absolute atomic E-state index is 0.335. The third-order valence-corrected chi connectivity index (χ3v) is 2.86. The van der Waals surface area contributed by atoms with Crippen LogP contribution in [0.1, 0.15) is 20.8 Å². The van der Waals surface area contributed by atoms with Gasteiger partial charge in [-0.05, 0) is 48.8 Å². The molecule has 0 heterocycles. The second-order valence-corrected chi connectivity index (χ2v) is 5.32. The summed E-state index contributed by atoms with van der Waals surface area (Å²) >= 11 is 9.07. The van der Waals surface area contributed by atoms with Crippen LogP contribution in [0.25, 0.3) is 0 Å². The fourth-order valence-electron chi connectivity index (χ4n) is 0.923. The Hall–Kier alpha value is -0.740. The summed E-state index contributed by atoms with van der Waals surface area (Å²) in [6.45, 7) is 5.30. The van der Waals surface area contributed by atoms with Crippen molar-refractivity contribution in [1.29, 1.82) is 0 Å². The summed E-state index contributed by atoms with van der Waals surface area (Å²) in [4.78, 5) is 11.4. The second kappa shape index (κ2) is 5.06. The predicted molar refractivity (Wildman–Crippen MR) is 66.0 cm³/mol. The van der Waals surface area contributed by atoms with E-state index in [2.05, 4.69) is 15.9 Å². The van der Waals surface area contributed by atoms with Crippen LogP contribution in [0.2, 0.25) is 5.02 Å². The summed E-state index contributed by atoms with van der Waals surface area (Å²) in [5, 5.41) is 0.473. The topological polar surface area (TPSA) is 35.5 Å². The molecule has 0 unspecified atom stereocenters. The number of halogens is 2. The van der Waals surface area contributed by atoms with Gasteiger partial charge in [0.1, 0.15) is 11.4 Å². The van der Waals surface area contributed by atoms with E-state index in [1.54, 1.807) is 39.0 Å². The van der Waals surface area contributed by atoms with Crippen LogP contribution in [0.3, 0.4) is 0 Å². The molecule has 0 fully saturated rings. The van der Waals surface area contributed by atoms with Crippen molar-refractivity contribution in [1.82, 2.24) is 0 Å². The molecule has 0 bridgehead atoms. The Kier molecular flexibility index (Phi) is 4.21. The van der Waals surface area contributed by atoms with E-state index in [1.165, 1.54) is 0 Å². The third-order valence-electron chi connectivity index (χ3n) is 1.50. The van der Waals surface area contributed by atoms with Gasteiger partial charge in [0, 0.05) is 0 Å². The van der Waals surface area contributed by atoms with Gasteiger partial charge in [-0.25, -0.2) is 4.79 Å². The molecule has 0 aliphatic carbocycles. The zero-order chi connectivity index (χ0) is 12.3. The van der Waals surface area contributed by atoms with Crippen molar-refractivity contribution in [2.75, 3.05) is 0 Å². The van der Waals surface area contributed by atoms with Gasteiger partial charge in [0.05, 0.1) is 9.50 Å². The Bertz CT molecular complexity index is 399. The molecule has 0 aromatic heterocycles. The Morgan fingerprint density at radius 3 is 2.56 bits per heavy atom. The molecule has 0 atom stereocenters. The second-order valence-electron chi connectivity index (χ2n) is 4.12. The first-order valence-corrected chi connectivity index (χ1v) is 5.81. The molecule has 0 aliphatic heterocycles. The molecule has 5 heteroatoms. The van der Waals surface area contributed by atoms with Crippen LogP contribution >= 0.6 is 27.5 Å². The SMILES string of the molecule is CC(C)(C)OC(=O)Oc1cccc(Cl)c1Br. The molecule has 0 saturated heterocycles. The highest BCUT2D eigenvalue weighted by Crippen LogP contribution is 2.32. The van der Waals surface area contributed by atoms with Gasteiger partial charge in [-0.1, -0.05) is 17.7 Å². The Morgan fingerprint density at radius 2 is 2.00 bits per heavy atom. The summed E-state index contributed by atoms with van der Waals surface area (Å²) in [5.74, 6) is 0.335. The largest absolute Gasteiger partial charge is 0.514 e. The minimum atomic E-state index is -0.754. The maximum atomic E-state index is 11.4. The van der Waals surface area contributed by atoms with Gasteiger partial charge in [0.15, 0.2) is 0 Å². The number of rotatable bonds is 1. The van der Waals surface area contributed by atoms with E-state index in [1.807, 2.05) is 0 Å². The zero-order valence-electron chi connectivity index (χ0n) is 9.21. The van der Waals surface area contributed by atoms with Crippen LogP contribution in [-0.2, 0) is 4.74 Å². The van der Waals surface area contributed by atoms with Crippen molar-refractivity contribution in [3.8, 4) is 5.75 Å². The first kappa shape index (κ1) is 13.3. The number of benzene rings is 1. The fourth-order valence-corrected chi connectivity index (χ4v) is 1.43. The predicted octanol–water partition coefficient (Wildman–Crippen LogP) is 4.42. The van der Waals surface area contributed by atoms with E-state index in [0.29, 0.717) is 15.2 Å². The van der Waals surface area contributed by atoms with Crippen molar-refractivity contribution >= 4 is 33.7 Å². The molecule has 88 valence electrons. The molecule has 3 nitrogen and oxygen atoms in total. The molecule has 0 aliphatic rings. The molecule has 1 aromatic carbocycles. The average Bonchev–Trinajstić information content (AvgIpc) is 2.09. The van der Waals surface area contributed by atoms with Crippen LogP contribution in [0.5, 0.6) is 5.75 Å². The minimum Gasteiger partial charge on any atom is -0.428 e. The van der Waals surface area contributed by atoms with E-state index in [-0.39, 0.29) is 0 Å². The lowest BCUT2D eigenvalue weighted by Gasteiger charge is -2.19. The standard InChI is InChI=1S/C11H12BrClO3/c1-11(2,3)16-10(14)15-8-6-4-5-7(13)9(8)12/h4-6H,1-3H3. The van der Waals surface area contributed by atoms with Crippen LogP contribution in [0.4, 0.5) is 4.79 Å². The Labute approximate surface area is 108 Å². The van der Waals surface area contributed by atoms with Crippen LogP contribution in [-0.4, -0.2) is 11.8 Å². The first-order valence-electron chi connectivity index (χ1n) is 4.64. The average molecular weight is 308 g/mol. The number of hydrogen-bond acceptors (Lipinski definition) is 3. The van der Waals surface area contributed by atoms with Gasteiger partial charge in [0.25, 0.3) is 0 Å². The Morgan fingerprint density at radius 1 is 1.38 bits per heavy atom. The lowest BCUT2D eigenvalue weighted by Crippen LogP contribution is -2.26. The number of carbonyl (C=O) groups is 1. The van der Waals surface area contributed by atoms with E-state index in [4.69, 9.17) is 21.1 Å². The molecule has 1 rings (SSSR count). The summed E-state index contributed by atoms with van der Waals surface area (Å²) in [5.41, 5.74) is -0.581. The first-order chi connectivity index (χ1) is 7.29. The third kappa shape index (κ3) is 4.02. The summed E-state index contributed by atoms with van der Waals surface area (Å²) < 4.78 is 10.6. The molecule has 1 aromatic rings. The quantitative estimate of drug-likeness (QED) is 0.569. The molecular weight excluding hydrogens is 295 g/mol. The maximum Gasteiger partial charge on any atom is 0.514 e. The lowest BCUT2D eigenvalue weighted by atomic mass is 10.2. The van der Waals surface area contributed by atoms with E-state index in [9.17, 15) is 4.79 Å². The molecule has 0 amide bonds. The molecule has 0 saturated carbocycles. The number of carbonyl (C=O) groups excluding carboxylic acids is 1. The lowest BCUT2D eigenvalue weighted by molar-refractivity contribution is 0.0205. The van der Waals surface area contributed by atoms with Crippen molar-refractivity contribution in [3.05, 3.63) is 27.7 Å². The highest BCUT2D eigenvalue weighted by atomic mass is 79.9. The molecule has 16 heavy (non-hydrogen) atoms. The number of ether oxygens (including phenoxy) is 2. The summed E-state index contributed by atoms with van der Waals surface area (Å²) in [7, 11) is 0. The molecule has 0 N–H and O–H groups in total. The van der Waals surface area contributed by atoms with Gasteiger partial charge in [-0.3, -0.25) is 0 Å². The highest BCUT2D eigenvalue weighted by molar-refractivity contribution is 9.10.